The molecule has 124 valence electrons. The van der Waals surface area contributed by atoms with Crippen LogP contribution in [0.15, 0.2) is 53.0 Å². The van der Waals surface area contributed by atoms with Gasteiger partial charge < -0.3 is 10.1 Å². The van der Waals surface area contributed by atoms with Crippen molar-refractivity contribution in [3.8, 4) is 0 Å². The van der Waals surface area contributed by atoms with Gasteiger partial charge in [0.15, 0.2) is 11.9 Å². The lowest BCUT2D eigenvalue weighted by atomic mass is 10.1. The van der Waals surface area contributed by atoms with E-state index in [1.54, 1.807) is 48.5 Å². The van der Waals surface area contributed by atoms with Gasteiger partial charge >= 0.3 is 5.97 Å². The molecule has 5 nitrogen and oxygen atoms in total. The minimum Gasteiger partial charge on any atom is -0.449 e. The van der Waals surface area contributed by atoms with Gasteiger partial charge in [-0.05, 0) is 44.2 Å². The first-order valence-corrected chi connectivity index (χ1v) is 8.04. The molecule has 2 aromatic rings. The van der Waals surface area contributed by atoms with Crippen LogP contribution in [0.2, 0.25) is 0 Å². The predicted molar refractivity (Wildman–Crippen MR) is 94.1 cm³/mol. The molecule has 1 atom stereocenters. The van der Waals surface area contributed by atoms with E-state index < -0.39 is 18.0 Å². The summed E-state index contributed by atoms with van der Waals surface area (Å²) in [6.07, 6.45) is -0.975. The number of carbonyl (C=O) groups is 3. The van der Waals surface area contributed by atoms with E-state index in [0.29, 0.717) is 16.8 Å². The van der Waals surface area contributed by atoms with Crippen molar-refractivity contribution >= 4 is 39.3 Å². The third kappa shape index (κ3) is 4.76. The number of rotatable bonds is 5. The van der Waals surface area contributed by atoms with Gasteiger partial charge in [0.1, 0.15) is 0 Å². The molecule has 0 bridgehead atoms. The number of carbonyl (C=O) groups excluding carboxylic acids is 3. The zero-order valence-electron chi connectivity index (χ0n) is 13.2. The highest BCUT2D eigenvalue weighted by Gasteiger charge is 2.19. The average molecular weight is 390 g/mol. The summed E-state index contributed by atoms with van der Waals surface area (Å²) in [6.45, 7) is 2.93. The maximum Gasteiger partial charge on any atom is 0.338 e. The maximum absolute atomic E-state index is 12.1. The first-order chi connectivity index (χ1) is 11.4. The van der Waals surface area contributed by atoms with Crippen LogP contribution in [0.3, 0.4) is 0 Å². The normalized spacial score (nSPS) is 11.5. The lowest BCUT2D eigenvalue weighted by Gasteiger charge is -2.14. The quantitative estimate of drug-likeness (QED) is 0.622. The number of ether oxygens (including phenoxy) is 1. The number of ketones is 1. The number of anilines is 1. The molecule has 0 aliphatic rings. The largest absolute Gasteiger partial charge is 0.449 e. The standard InChI is InChI=1S/C18H16BrNO4/c1-11(21)13-5-4-8-16(10-13)20-17(22)12(2)24-18(23)14-6-3-7-15(19)9-14/h3-10,12H,1-2H3,(H,20,22)/t12-/m1/s1. The average Bonchev–Trinajstić information content (AvgIpc) is 2.54. The lowest BCUT2D eigenvalue weighted by Crippen LogP contribution is -2.30. The second kappa shape index (κ2) is 7.88. The molecule has 0 spiro atoms. The van der Waals surface area contributed by atoms with Crippen LogP contribution in [-0.4, -0.2) is 23.8 Å². The van der Waals surface area contributed by atoms with E-state index in [2.05, 4.69) is 21.2 Å². The van der Waals surface area contributed by atoms with Crippen molar-refractivity contribution < 1.29 is 19.1 Å². The number of Topliss-reactive ketones (excluding diaryl/α,β-unsaturated/α-hetero) is 1. The van der Waals surface area contributed by atoms with E-state index in [1.165, 1.54) is 13.8 Å². The molecule has 2 rings (SSSR count). The molecule has 0 radical (unpaired) electrons. The van der Waals surface area contributed by atoms with Crippen molar-refractivity contribution in [2.45, 2.75) is 20.0 Å². The monoisotopic (exact) mass is 389 g/mol. The zero-order chi connectivity index (χ0) is 17.7. The Labute approximate surface area is 148 Å². The van der Waals surface area contributed by atoms with Crippen LogP contribution in [0.4, 0.5) is 5.69 Å². The Morgan fingerprint density at radius 1 is 1.04 bits per heavy atom. The maximum atomic E-state index is 12.1. The number of esters is 1. The molecule has 1 N–H and O–H groups in total. The topological polar surface area (TPSA) is 72.5 Å². The summed E-state index contributed by atoms with van der Waals surface area (Å²) in [5.74, 6) is -1.16. The smallest absolute Gasteiger partial charge is 0.338 e. The summed E-state index contributed by atoms with van der Waals surface area (Å²) in [5.41, 5.74) is 1.31. The van der Waals surface area contributed by atoms with Gasteiger partial charge in [-0.1, -0.05) is 34.1 Å². The van der Waals surface area contributed by atoms with Gasteiger partial charge in [-0.2, -0.15) is 0 Å². The van der Waals surface area contributed by atoms with Crippen LogP contribution in [0, 0.1) is 0 Å². The summed E-state index contributed by atoms with van der Waals surface area (Å²) in [6, 6.07) is 13.3. The minimum atomic E-state index is -0.975. The summed E-state index contributed by atoms with van der Waals surface area (Å²) in [7, 11) is 0. The first-order valence-electron chi connectivity index (χ1n) is 7.25. The molecule has 0 aliphatic heterocycles. The number of halogens is 1. The zero-order valence-corrected chi connectivity index (χ0v) is 14.8. The first kappa shape index (κ1) is 17.9. The van der Waals surface area contributed by atoms with Crippen molar-refractivity contribution in [1.82, 2.24) is 0 Å². The second-order valence-corrected chi connectivity index (χ2v) is 6.10. The number of hydrogen-bond donors (Lipinski definition) is 1. The fourth-order valence-corrected chi connectivity index (χ4v) is 2.36. The van der Waals surface area contributed by atoms with Gasteiger partial charge in [-0.25, -0.2) is 4.79 Å². The molecule has 0 unspecified atom stereocenters. The molecule has 0 saturated heterocycles. The van der Waals surface area contributed by atoms with Crippen molar-refractivity contribution in [3.63, 3.8) is 0 Å². The van der Waals surface area contributed by atoms with E-state index in [-0.39, 0.29) is 5.78 Å². The highest BCUT2D eigenvalue weighted by atomic mass is 79.9. The Hall–Kier alpha value is -2.47. The number of amides is 1. The highest BCUT2D eigenvalue weighted by molar-refractivity contribution is 9.10. The Bertz CT molecular complexity index is 788. The van der Waals surface area contributed by atoms with Crippen LogP contribution in [0.5, 0.6) is 0 Å². The molecule has 6 heteroatoms. The van der Waals surface area contributed by atoms with Gasteiger partial charge in [-0.15, -0.1) is 0 Å². The third-order valence-electron chi connectivity index (χ3n) is 3.25. The summed E-state index contributed by atoms with van der Waals surface area (Å²) >= 11 is 3.27. The number of hydrogen-bond acceptors (Lipinski definition) is 4. The van der Waals surface area contributed by atoms with Gasteiger partial charge in [-0.3, -0.25) is 9.59 Å². The van der Waals surface area contributed by atoms with Crippen LogP contribution >= 0.6 is 15.9 Å². The molecule has 0 fully saturated rings. The third-order valence-corrected chi connectivity index (χ3v) is 3.74. The van der Waals surface area contributed by atoms with Gasteiger partial charge in [0, 0.05) is 15.7 Å². The predicted octanol–water partition coefficient (Wildman–Crippen LogP) is 3.84. The molecular weight excluding hydrogens is 374 g/mol. The fourth-order valence-electron chi connectivity index (χ4n) is 1.96. The lowest BCUT2D eigenvalue weighted by molar-refractivity contribution is -0.123. The van der Waals surface area contributed by atoms with Crippen LogP contribution in [0.1, 0.15) is 34.6 Å². The molecule has 2 aromatic carbocycles. The Morgan fingerprint density at radius 3 is 2.38 bits per heavy atom. The van der Waals surface area contributed by atoms with Gasteiger partial charge in [0.2, 0.25) is 0 Å². The number of nitrogens with one attached hydrogen (secondary N) is 1. The summed E-state index contributed by atoms with van der Waals surface area (Å²) in [5, 5.41) is 2.63. The van der Waals surface area contributed by atoms with E-state index in [9.17, 15) is 14.4 Å². The molecule has 0 heterocycles. The molecule has 0 aliphatic carbocycles. The molecule has 24 heavy (non-hydrogen) atoms. The minimum absolute atomic E-state index is 0.0970. The Kier molecular flexibility index (Phi) is 5.87. The van der Waals surface area contributed by atoms with E-state index in [4.69, 9.17) is 4.74 Å². The summed E-state index contributed by atoms with van der Waals surface area (Å²) in [4.78, 5) is 35.5. The van der Waals surface area contributed by atoms with Crippen molar-refractivity contribution in [1.29, 1.82) is 0 Å². The molecule has 0 aromatic heterocycles. The van der Waals surface area contributed by atoms with Gasteiger partial charge in [0.25, 0.3) is 5.91 Å². The van der Waals surface area contributed by atoms with Crippen molar-refractivity contribution in [2.75, 3.05) is 5.32 Å². The van der Waals surface area contributed by atoms with E-state index >= 15 is 0 Å². The summed E-state index contributed by atoms with van der Waals surface area (Å²) < 4.78 is 5.91. The van der Waals surface area contributed by atoms with E-state index in [1.807, 2.05) is 0 Å². The van der Waals surface area contributed by atoms with Crippen LogP contribution in [-0.2, 0) is 9.53 Å². The van der Waals surface area contributed by atoms with Crippen LogP contribution in [0.25, 0.3) is 0 Å². The van der Waals surface area contributed by atoms with E-state index in [0.717, 1.165) is 4.47 Å². The highest BCUT2D eigenvalue weighted by Crippen LogP contribution is 2.15. The number of benzene rings is 2. The van der Waals surface area contributed by atoms with Gasteiger partial charge in [0.05, 0.1) is 5.56 Å². The molecule has 0 saturated carbocycles. The van der Waals surface area contributed by atoms with Crippen molar-refractivity contribution in [3.05, 3.63) is 64.1 Å². The Balaban J connectivity index is 2.01. The fraction of sp³-hybridized carbons (Fsp3) is 0.167. The molecule has 1 amide bonds. The molecular formula is C18H16BrNO4. The Morgan fingerprint density at radius 2 is 1.71 bits per heavy atom. The SMILES string of the molecule is CC(=O)c1cccc(NC(=O)[C@@H](C)OC(=O)c2cccc(Br)c2)c1. The van der Waals surface area contributed by atoms with Crippen molar-refractivity contribution in [2.24, 2.45) is 0 Å². The van der Waals surface area contributed by atoms with Crippen LogP contribution < -0.4 is 5.32 Å². The second-order valence-electron chi connectivity index (χ2n) is 5.18.